The second-order valence-corrected chi connectivity index (χ2v) is 8.85. The Kier molecular flexibility index (Phi) is 6.53. The van der Waals surface area contributed by atoms with E-state index in [9.17, 15) is 9.59 Å². The van der Waals surface area contributed by atoms with Crippen molar-refractivity contribution in [2.75, 3.05) is 12.8 Å². The molecule has 0 spiro atoms. The van der Waals surface area contributed by atoms with E-state index in [2.05, 4.69) is 0 Å². The molecule has 4 rings (SSSR count). The van der Waals surface area contributed by atoms with E-state index in [1.807, 2.05) is 66.2 Å². The lowest BCUT2D eigenvalue weighted by atomic mass is 9.95. The minimum Gasteiger partial charge on any atom is -0.341 e. The zero-order valence-corrected chi connectivity index (χ0v) is 18.1. The van der Waals surface area contributed by atoms with Gasteiger partial charge in [0.2, 0.25) is 5.91 Å². The molecule has 5 nitrogen and oxygen atoms in total. The number of thioether (sulfide) groups is 1. The molecule has 1 aliphatic carbocycles. The number of para-hydroxylation sites is 1. The summed E-state index contributed by atoms with van der Waals surface area (Å²) >= 11 is 1.38. The third-order valence-corrected chi connectivity index (χ3v) is 6.67. The topological polar surface area (TPSA) is 55.2 Å². The molecule has 3 aromatic rings. The van der Waals surface area contributed by atoms with E-state index >= 15 is 0 Å². The number of aromatic nitrogens is 2. The van der Waals surface area contributed by atoms with E-state index in [1.165, 1.54) is 18.2 Å². The van der Waals surface area contributed by atoms with Gasteiger partial charge in [-0.2, -0.15) is 0 Å². The van der Waals surface area contributed by atoms with E-state index in [0.717, 1.165) is 31.2 Å². The van der Waals surface area contributed by atoms with Gasteiger partial charge in [-0.15, -0.1) is 0 Å². The summed E-state index contributed by atoms with van der Waals surface area (Å²) in [6.45, 7) is 0.570. The van der Waals surface area contributed by atoms with Crippen LogP contribution in [0.2, 0.25) is 0 Å². The van der Waals surface area contributed by atoms with Crippen LogP contribution in [0.1, 0.15) is 43.7 Å². The molecule has 1 amide bonds. The Morgan fingerprint density at radius 2 is 1.77 bits per heavy atom. The summed E-state index contributed by atoms with van der Waals surface area (Å²) in [6, 6.07) is 17.6. The summed E-state index contributed by atoms with van der Waals surface area (Å²) in [7, 11) is 1.82. The van der Waals surface area contributed by atoms with Gasteiger partial charge in [0.25, 0.3) is 5.56 Å². The predicted molar refractivity (Wildman–Crippen MR) is 122 cm³/mol. The minimum absolute atomic E-state index is 0.0140. The Bertz CT molecular complexity index is 1070. The van der Waals surface area contributed by atoms with Crippen LogP contribution in [0.25, 0.3) is 10.9 Å². The van der Waals surface area contributed by atoms with E-state index in [4.69, 9.17) is 4.98 Å². The van der Waals surface area contributed by atoms with Crippen LogP contribution in [0, 0.1) is 0 Å². The van der Waals surface area contributed by atoms with Crippen molar-refractivity contribution in [3.8, 4) is 0 Å². The highest BCUT2D eigenvalue weighted by molar-refractivity contribution is 7.99. The van der Waals surface area contributed by atoms with Gasteiger partial charge in [-0.3, -0.25) is 14.2 Å². The second-order valence-electron chi connectivity index (χ2n) is 7.90. The van der Waals surface area contributed by atoms with E-state index in [-0.39, 0.29) is 23.3 Å². The SMILES string of the molecule is CN(Cc1ccccc1)C(=O)CSc1nc2ccccc2c(=O)n1C1CCCCC1. The molecule has 1 fully saturated rings. The first-order valence-corrected chi connectivity index (χ1v) is 11.5. The average Bonchev–Trinajstić information content (AvgIpc) is 2.79. The van der Waals surface area contributed by atoms with E-state index in [1.54, 1.807) is 4.90 Å². The highest BCUT2D eigenvalue weighted by Gasteiger charge is 2.22. The number of carbonyl (C=O) groups is 1. The first kappa shape index (κ1) is 20.7. The van der Waals surface area contributed by atoms with Crippen molar-refractivity contribution >= 4 is 28.6 Å². The third-order valence-electron chi connectivity index (χ3n) is 5.73. The number of nitrogens with zero attached hydrogens (tertiary/aromatic N) is 3. The van der Waals surface area contributed by atoms with Crippen LogP contribution in [-0.2, 0) is 11.3 Å². The normalized spacial score (nSPS) is 14.7. The third kappa shape index (κ3) is 4.59. The van der Waals surface area contributed by atoms with Crippen LogP contribution in [0.5, 0.6) is 0 Å². The summed E-state index contributed by atoms with van der Waals surface area (Å²) in [4.78, 5) is 32.5. The standard InChI is InChI=1S/C24H27N3O2S/c1-26(16-18-10-4-2-5-11-18)22(28)17-30-24-25-21-15-9-8-14-20(21)23(29)27(24)19-12-6-3-7-13-19/h2,4-5,8-11,14-15,19H,3,6-7,12-13,16-17H2,1H3. The molecule has 30 heavy (non-hydrogen) atoms. The Labute approximate surface area is 181 Å². The first-order chi connectivity index (χ1) is 14.6. The lowest BCUT2D eigenvalue weighted by Gasteiger charge is -2.26. The molecular formula is C24H27N3O2S. The minimum atomic E-state index is 0.0140. The number of amides is 1. The van der Waals surface area contributed by atoms with Gasteiger partial charge < -0.3 is 4.90 Å². The van der Waals surface area contributed by atoms with Crippen LogP contribution < -0.4 is 5.56 Å². The highest BCUT2D eigenvalue weighted by atomic mass is 32.2. The van der Waals surface area contributed by atoms with Crippen molar-refractivity contribution in [3.05, 3.63) is 70.5 Å². The van der Waals surface area contributed by atoms with Crippen LogP contribution in [0.4, 0.5) is 0 Å². The molecule has 0 bridgehead atoms. The molecule has 6 heteroatoms. The maximum atomic E-state index is 13.3. The molecule has 1 aromatic heterocycles. The molecule has 0 aliphatic heterocycles. The number of carbonyl (C=O) groups excluding carboxylic acids is 1. The fraction of sp³-hybridized carbons (Fsp3) is 0.375. The number of hydrogen-bond donors (Lipinski definition) is 0. The Morgan fingerprint density at radius 3 is 2.53 bits per heavy atom. The van der Waals surface area contributed by atoms with Crippen molar-refractivity contribution in [3.63, 3.8) is 0 Å². The maximum Gasteiger partial charge on any atom is 0.262 e. The summed E-state index contributed by atoms with van der Waals surface area (Å²) in [5.74, 6) is 0.294. The fourth-order valence-electron chi connectivity index (χ4n) is 4.07. The number of fused-ring (bicyclic) bond motifs is 1. The average molecular weight is 422 g/mol. The van der Waals surface area contributed by atoms with Gasteiger partial charge in [-0.1, -0.05) is 73.5 Å². The molecule has 156 valence electrons. The van der Waals surface area contributed by atoms with Gasteiger partial charge in [-0.25, -0.2) is 4.98 Å². The van der Waals surface area contributed by atoms with Crippen molar-refractivity contribution in [2.24, 2.45) is 0 Å². The van der Waals surface area contributed by atoms with Gasteiger partial charge in [-0.05, 0) is 30.5 Å². The maximum absolute atomic E-state index is 13.3. The fourth-order valence-corrected chi connectivity index (χ4v) is 5.08. The number of rotatable bonds is 6. The molecule has 1 saturated carbocycles. The molecule has 0 atom stereocenters. The second kappa shape index (κ2) is 9.47. The van der Waals surface area contributed by atoms with Crippen LogP contribution in [0.3, 0.4) is 0 Å². The molecule has 0 saturated heterocycles. The van der Waals surface area contributed by atoms with Gasteiger partial charge in [0.1, 0.15) is 0 Å². The van der Waals surface area contributed by atoms with Gasteiger partial charge >= 0.3 is 0 Å². The van der Waals surface area contributed by atoms with Gasteiger partial charge in [0.05, 0.1) is 16.7 Å². The number of benzene rings is 2. The largest absolute Gasteiger partial charge is 0.341 e. The predicted octanol–water partition coefficient (Wildman–Crippen LogP) is 4.65. The monoisotopic (exact) mass is 421 g/mol. The number of hydrogen-bond acceptors (Lipinski definition) is 4. The highest BCUT2D eigenvalue weighted by Crippen LogP contribution is 2.31. The smallest absolute Gasteiger partial charge is 0.262 e. The van der Waals surface area contributed by atoms with Gasteiger partial charge in [0.15, 0.2) is 5.16 Å². The van der Waals surface area contributed by atoms with Crippen molar-refractivity contribution in [1.29, 1.82) is 0 Å². The summed E-state index contributed by atoms with van der Waals surface area (Å²) < 4.78 is 1.86. The quantitative estimate of drug-likeness (QED) is 0.429. The molecule has 1 heterocycles. The lowest BCUT2D eigenvalue weighted by molar-refractivity contribution is -0.127. The van der Waals surface area contributed by atoms with Crippen LogP contribution in [0.15, 0.2) is 64.5 Å². The molecule has 0 unspecified atom stereocenters. The molecule has 2 aromatic carbocycles. The van der Waals surface area contributed by atoms with Crippen molar-refractivity contribution in [1.82, 2.24) is 14.5 Å². The molecular weight excluding hydrogens is 394 g/mol. The van der Waals surface area contributed by atoms with Gasteiger partial charge in [0, 0.05) is 19.6 Å². The molecule has 1 aliphatic rings. The lowest BCUT2D eigenvalue weighted by Crippen LogP contribution is -2.30. The molecule has 0 N–H and O–H groups in total. The Morgan fingerprint density at radius 1 is 1.07 bits per heavy atom. The summed E-state index contributed by atoms with van der Waals surface area (Å²) in [5.41, 5.74) is 1.81. The van der Waals surface area contributed by atoms with Crippen molar-refractivity contribution in [2.45, 2.75) is 49.8 Å². The Hall–Kier alpha value is -2.60. The first-order valence-electron chi connectivity index (χ1n) is 10.6. The van der Waals surface area contributed by atoms with Crippen LogP contribution >= 0.6 is 11.8 Å². The Balaban J connectivity index is 1.56. The summed E-state index contributed by atoms with van der Waals surface area (Å²) in [6.07, 6.45) is 5.47. The summed E-state index contributed by atoms with van der Waals surface area (Å²) in [5, 5.41) is 1.31. The zero-order chi connectivity index (χ0) is 20.9. The van der Waals surface area contributed by atoms with E-state index < -0.39 is 0 Å². The van der Waals surface area contributed by atoms with E-state index in [0.29, 0.717) is 22.6 Å². The molecule has 0 radical (unpaired) electrons. The zero-order valence-electron chi connectivity index (χ0n) is 17.3. The van der Waals surface area contributed by atoms with Crippen molar-refractivity contribution < 1.29 is 4.79 Å². The van der Waals surface area contributed by atoms with Crippen LogP contribution in [-0.4, -0.2) is 33.2 Å².